The number of aryl methyl sites for hydroxylation is 3. The van der Waals surface area contributed by atoms with Crippen molar-refractivity contribution < 1.29 is 17.9 Å². The predicted molar refractivity (Wildman–Crippen MR) is 155 cm³/mol. The molecule has 1 saturated carbocycles. The van der Waals surface area contributed by atoms with Gasteiger partial charge in [0, 0.05) is 5.02 Å². The van der Waals surface area contributed by atoms with Crippen LogP contribution in [0.2, 0.25) is 5.02 Å². The first-order valence-corrected chi connectivity index (χ1v) is 15.4. The molecule has 2 heterocycles. The molecule has 0 radical (unpaired) electrons. The maximum absolute atomic E-state index is 13.0. The maximum Gasteiger partial charge on any atom is 0.283 e. The fourth-order valence-corrected chi connectivity index (χ4v) is 6.28. The highest BCUT2D eigenvalue weighted by atomic mass is 35.5. The van der Waals surface area contributed by atoms with Crippen molar-refractivity contribution in [1.82, 2.24) is 19.3 Å². The Morgan fingerprint density at radius 1 is 1.02 bits per heavy atom. The Morgan fingerprint density at radius 2 is 1.75 bits per heavy atom. The van der Waals surface area contributed by atoms with E-state index in [-0.39, 0.29) is 10.6 Å². The predicted octanol–water partition coefficient (Wildman–Crippen LogP) is 6.14. The summed E-state index contributed by atoms with van der Waals surface area (Å²) >= 11 is 6.66. The molecular formula is C30H33ClN4O4S. The van der Waals surface area contributed by atoms with Crippen LogP contribution in [0.15, 0.2) is 53.4 Å². The topological polar surface area (TPSA) is 103 Å². The molecule has 0 saturated heterocycles. The van der Waals surface area contributed by atoms with Crippen molar-refractivity contribution >= 4 is 38.7 Å². The Labute approximate surface area is 239 Å². The highest BCUT2D eigenvalue weighted by molar-refractivity contribution is 7.90. The van der Waals surface area contributed by atoms with Gasteiger partial charge in [0.25, 0.3) is 15.9 Å². The van der Waals surface area contributed by atoms with Gasteiger partial charge in [0.2, 0.25) is 0 Å². The summed E-state index contributed by atoms with van der Waals surface area (Å²) in [5, 5.41) is 0.567. The number of nitrogens with one attached hydrogen (secondary N) is 1. The van der Waals surface area contributed by atoms with Crippen molar-refractivity contribution in [3.63, 3.8) is 0 Å². The zero-order valence-electron chi connectivity index (χ0n) is 22.9. The van der Waals surface area contributed by atoms with Crippen LogP contribution < -0.4 is 9.46 Å². The summed E-state index contributed by atoms with van der Waals surface area (Å²) in [5.74, 6) is 1.23. The van der Waals surface area contributed by atoms with E-state index in [1.807, 2.05) is 43.5 Å². The van der Waals surface area contributed by atoms with E-state index >= 15 is 0 Å². The molecule has 1 aliphatic carbocycles. The van der Waals surface area contributed by atoms with E-state index < -0.39 is 15.9 Å². The van der Waals surface area contributed by atoms with Crippen LogP contribution in [-0.2, 0) is 16.6 Å². The third-order valence-electron chi connectivity index (χ3n) is 7.44. The summed E-state index contributed by atoms with van der Waals surface area (Å²) in [6.45, 7) is 6.61. The number of aromatic nitrogens is 3. The van der Waals surface area contributed by atoms with E-state index in [2.05, 4.69) is 14.7 Å². The molecular weight excluding hydrogens is 548 g/mol. The molecule has 2 aromatic heterocycles. The van der Waals surface area contributed by atoms with E-state index in [1.54, 1.807) is 18.2 Å². The molecule has 5 rings (SSSR count). The van der Waals surface area contributed by atoms with Gasteiger partial charge in [-0.15, -0.1) is 0 Å². The van der Waals surface area contributed by atoms with Gasteiger partial charge in [-0.25, -0.2) is 23.1 Å². The lowest BCUT2D eigenvalue weighted by atomic mass is 9.90. The quantitative estimate of drug-likeness (QED) is 0.269. The van der Waals surface area contributed by atoms with E-state index in [0.717, 1.165) is 16.9 Å². The number of amides is 1. The number of sulfonamides is 1. The lowest BCUT2D eigenvalue weighted by Gasteiger charge is -2.21. The molecule has 0 unspecified atom stereocenters. The SMILES string of the molecule is Cc1ccc(S(=O)(=O)NC(=O)c2cc(C)c3nc(C)n(Cc4ccc(OCC5CCCCC5)cc4Cl)c3n2)cc1. The smallest absolute Gasteiger partial charge is 0.283 e. The van der Waals surface area contributed by atoms with Gasteiger partial charge in [-0.1, -0.05) is 54.6 Å². The van der Waals surface area contributed by atoms with Crippen LogP contribution in [0.25, 0.3) is 11.2 Å². The molecule has 8 nitrogen and oxygen atoms in total. The summed E-state index contributed by atoms with van der Waals surface area (Å²) in [6.07, 6.45) is 6.27. The molecule has 1 aliphatic rings. The summed E-state index contributed by atoms with van der Waals surface area (Å²) in [5.41, 5.74) is 3.58. The number of pyridine rings is 1. The minimum Gasteiger partial charge on any atom is -0.493 e. The highest BCUT2D eigenvalue weighted by Crippen LogP contribution is 2.28. The van der Waals surface area contributed by atoms with E-state index in [9.17, 15) is 13.2 Å². The lowest BCUT2D eigenvalue weighted by molar-refractivity contribution is 0.0976. The molecule has 1 fully saturated rings. The van der Waals surface area contributed by atoms with Gasteiger partial charge in [0.05, 0.1) is 18.0 Å². The van der Waals surface area contributed by atoms with Gasteiger partial charge < -0.3 is 9.30 Å². The number of nitrogens with zero attached hydrogens (tertiary/aromatic N) is 3. The summed E-state index contributed by atoms with van der Waals surface area (Å²) in [7, 11) is -4.06. The highest BCUT2D eigenvalue weighted by Gasteiger charge is 2.22. The van der Waals surface area contributed by atoms with Crippen LogP contribution in [0.1, 0.15) is 65.1 Å². The molecule has 2 aromatic carbocycles. The zero-order valence-corrected chi connectivity index (χ0v) is 24.5. The molecule has 0 atom stereocenters. The Hall–Kier alpha value is -3.43. The first-order valence-electron chi connectivity index (χ1n) is 13.5. The summed E-state index contributed by atoms with van der Waals surface area (Å²) < 4.78 is 35.6. The van der Waals surface area contributed by atoms with Gasteiger partial charge in [-0.2, -0.15) is 0 Å². The first kappa shape index (κ1) is 28.1. The number of hydrogen-bond acceptors (Lipinski definition) is 6. The fraction of sp³-hybridized carbons (Fsp3) is 0.367. The number of hydrogen-bond donors (Lipinski definition) is 1. The molecule has 10 heteroatoms. The second kappa shape index (κ2) is 11.6. The van der Waals surface area contributed by atoms with Crippen LogP contribution in [0.3, 0.4) is 0 Å². The van der Waals surface area contributed by atoms with E-state index in [0.29, 0.717) is 46.6 Å². The number of rotatable bonds is 8. The summed E-state index contributed by atoms with van der Waals surface area (Å²) in [4.78, 5) is 22.2. The average molecular weight is 581 g/mol. The van der Waals surface area contributed by atoms with Gasteiger partial charge in [-0.3, -0.25) is 4.79 Å². The monoisotopic (exact) mass is 580 g/mol. The molecule has 0 bridgehead atoms. The van der Waals surface area contributed by atoms with Crippen molar-refractivity contribution in [2.45, 2.75) is 64.3 Å². The molecule has 1 amide bonds. The largest absolute Gasteiger partial charge is 0.493 e. The van der Waals surface area contributed by atoms with Gasteiger partial charge in [0.1, 0.15) is 22.8 Å². The molecule has 210 valence electrons. The van der Waals surface area contributed by atoms with Gasteiger partial charge in [-0.05, 0) is 81.0 Å². The third-order valence-corrected chi connectivity index (χ3v) is 9.14. The second-order valence-electron chi connectivity index (χ2n) is 10.6. The normalized spacial score (nSPS) is 14.4. The van der Waals surface area contributed by atoms with Crippen molar-refractivity contribution in [3.05, 3.63) is 81.8 Å². The molecule has 0 aliphatic heterocycles. The number of carbonyl (C=O) groups is 1. The number of halogens is 1. The number of benzene rings is 2. The number of fused-ring (bicyclic) bond motifs is 1. The molecule has 0 spiro atoms. The zero-order chi connectivity index (χ0) is 28.4. The van der Waals surface area contributed by atoms with E-state index in [1.165, 1.54) is 44.2 Å². The van der Waals surface area contributed by atoms with Crippen molar-refractivity contribution in [2.75, 3.05) is 6.61 Å². The Kier molecular flexibility index (Phi) is 8.14. The van der Waals surface area contributed by atoms with Crippen LogP contribution in [0.4, 0.5) is 0 Å². The minimum atomic E-state index is -4.06. The lowest BCUT2D eigenvalue weighted by Crippen LogP contribution is -2.31. The second-order valence-corrected chi connectivity index (χ2v) is 12.6. The van der Waals surface area contributed by atoms with Crippen LogP contribution >= 0.6 is 11.6 Å². The van der Waals surface area contributed by atoms with E-state index in [4.69, 9.17) is 16.3 Å². The third kappa shape index (κ3) is 6.15. The van der Waals surface area contributed by atoms with Crippen LogP contribution in [0.5, 0.6) is 5.75 Å². The summed E-state index contributed by atoms with van der Waals surface area (Å²) in [6, 6.07) is 13.5. The van der Waals surface area contributed by atoms with Crippen molar-refractivity contribution in [1.29, 1.82) is 0 Å². The Balaban J connectivity index is 1.37. The minimum absolute atomic E-state index is 0.00551. The number of imidazole rings is 1. The molecule has 40 heavy (non-hydrogen) atoms. The van der Waals surface area contributed by atoms with Crippen molar-refractivity contribution in [3.8, 4) is 5.75 Å². The Morgan fingerprint density at radius 3 is 2.45 bits per heavy atom. The standard InChI is InChI=1S/C30H33ClN4O4S/c1-19-9-13-25(14-10-19)40(37,38)34-30(36)27-15-20(2)28-29(33-27)35(21(3)32-28)17-23-11-12-24(16-26(23)31)39-18-22-7-5-4-6-8-22/h9-16,22H,4-8,17-18H2,1-3H3,(H,34,36). The first-order chi connectivity index (χ1) is 19.1. The van der Waals surface area contributed by atoms with Gasteiger partial charge >= 0.3 is 0 Å². The fourth-order valence-electron chi connectivity index (χ4n) is 5.09. The number of carbonyl (C=O) groups excluding carboxylic acids is 1. The number of ether oxygens (including phenoxy) is 1. The molecule has 4 aromatic rings. The van der Waals surface area contributed by atoms with Crippen LogP contribution in [-0.4, -0.2) is 35.5 Å². The molecule has 1 N–H and O–H groups in total. The average Bonchev–Trinajstić information content (AvgIpc) is 3.24. The maximum atomic E-state index is 13.0. The van der Waals surface area contributed by atoms with Crippen molar-refractivity contribution in [2.24, 2.45) is 5.92 Å². The Bertz CT molecular complexity index is 1660. The van der Waals surface area contributed by atoms with Gasteiger partial charge in [0.15, 0.2) is 5.65 Å². The van der Waals surface area contributed by atoms with Crippen LogP contribution in [0, 0.1) is 26.7 Å².